The maximum atomic E-state index is 13.1. The van der Waals surface area contributed by atoms with E-state index in [1.54, 1.807) is 36.3 Å². The largest absolute Gasteiger partial charge is 0.497 e. The highest BCUT2D eigenvalue weighted by atomic mass is 35.5. The molecule has 0 radical (unpaired) electrons. The number of rotatable bonds is 5. The van der Waals surface area contributed by atoms with Crippen molar-refractivity contribution in [2.45, 2.75) is 6.54 Å². The molecule has 1 aliphatic heterocycles. The van der Waals surface area contributed by atoms with Gasteiger partial charge in [0, 0.05) is 31.9 Å². The number of urea groups is 1. The number of amides is 2. The van der Waals surface area contributed by atoms with E-state index in [4.69, 9.17) is 9.84 Å². The summed E-state index contributed by atoms with van der Waals surface area (Å²) in [4.78, 5) is 27.7. The van der Waals surface area contributed by atoms with Gasteiger partial charge in [-0.3, -0.25) is 4.90 Å². The van der Waals surface area contributed by atoms with E-state index in [2.05, 4.69) is 5.32 Å². The maximum Gasteiger partial charge on any atom is 0.335 e. The molecule has 1 aliphatic rings. The molecule has 28 heavy (non-hydrogen) atoms. The zero-order valence-corrected chi connectivity index (χ0v) is 16.4. The molecule has 2 aromatic carbocycles. The summed E-state index contributed by atoms with van der Waals surface area (Å²) < 4.78 is 5.20. The Kier molecular flexibility index (Phi) is 7.66. The van der Waals surface area contributed by atoms with Crippen molar-refractivity contribution in [1.82, 2.24) is 10.2 Å². The van der Waals surface area contributed by atoms with Gasteiger partial charge in [0.1, 0.15) is 5.75 Å². The number of nitrogens with zero attached hydrogens (tertiary/aromatic N) is 2. The van der Waals surface area contributed by atoms with E-state index in [0.717, 1.165) is 30.1 Å². The normalized spacial score (nSPS) is 13.4. The third kappa shape index (κ3) is 5.15. The van der Waals surface area contributed by atoms with E-state index in [-0.39, 0.29) is 24.0 Å². The number of anilines is 1. The molecule has 0 atom stereocenters. The van der Waals surface area contributed by atoms with E-state index < -0.39 is 5.97 Å². The van der Waals surface area contributed by atoms with Gasteiger partial charge in [-0.05, 0) is 42.0 Å². The Balaban J connectivity index is 0.00000280. The standard InChI is InChI=1S/C20H23N3O4.ClH/c1-27-18-8-6-17(7-9-18)23(20(26)22-12-10-21-11-13-22)14-15-2-4-16(5-3-15)19(24)25;/h2-9,21H,10-14H2,1H3,(H,24,25);1H. The van der Waals surface area contributed by atoms with E-state index >= 15 is 0 Å². The lowest BCUT2D eigenvalue weighted by atomic mass is 10.1. The van der Waals surface area contributed by atoms with E-state index in [1.165, 1.54) is 0 Å². The molecule has 7 nitrogen and oxygen atoms in total. The fourth-order valence-corrected chi connectivity index (χ4v) is 2.99. The minimum Gasteiger partial charge on any atom is -0.497 e. The van der Waals surface area contributed by atoms with Crippen LogP contribution in [0.15, 0.2) is 48.5 Å². The maximum absolute atomic E-state index is 13.1. The first-order valence-corrected chi connectivity index (χ1v) is 8.82. The van der Waals surface area contributed by atoms with Crippen LogP contribution >= 0.6 is 12.4 Å². The Morgan fingerprint density at radius 3 is 2.21 bits per heavy atom. The Morgan fingerprint density at radius 1 is 1.07 bits per heavy atom. The van der Waals surface area contributed by atoms with Crippen LogP contribution in [0.4, 0.5) is 10.5 Å². The van der Waals surface area contributed by atoms with Crippen LogP contribution in [0.5, 0.6) is 5.75 Å². The number of aromatic carboxylic acids is 1. The third-order valence-corrected chi connectivity index (χ3v) is 4.54. The lowest BCUT2D eigenvalue weighted by Crippen LogP contribution is -2.51. The van der Waals surface area contributed by atoms with Gasteiger partial charge in [-0.2, -0.15) is 0 Å². The summed E-state index contributed by atoms with van der Waals surface area (Å²) in [6, 6.07) is 13.9. The molecule has 0 aliphatic carbocycles. The molecule has 0 bridgehead atoms. The number of ether oxygens (including phenoxy) is 1. The highest BCUT2D eigenvalue weighted by Crippen LogP contribution is 2.23. The third-order valence-electron chi connectivity index (χ3n) is 4.54. The van der Waals surface area contributed by atoms with Crippen LogP contribution in [0, 0.1) is 0 Å². The number of piperazine rings is 1. The Hall–Kier alpha value is -2.77. The molecule has 2 aromatic rings. The van der Waals surface area contributed by atoms with Crippen LogP contribution in [0.3, 0.4) is 0 Å². The average molecular weight is 406 g/mol. The number of carboxylic acids is 1. The zero-order chi connectivity index (χ0) is 19.2. The number of carboxylic acid groups (broad SMARTS) is 1. The molecular formula is C20H24ClN3O4. The molecule has 0 saturated carbocycles. The van der Waals surface area contributed by atoms with Crippen molar-refractivity contribution in [3.05, 3.63) is 59.7 Å². The van der Waals surface area contributed by atoms with Gasteiger partial charge in [-0.25, -0.2) is 9.59 Å². The summed E-state index contributed by atoms with van der Waals surface area (Å²) in [6.07, 6.45) is 0. The summed E-state index contributed by atoms with van der Waals surface area (Å²) in [7, 11) is 1.60. The Labute approximate surface area is 170 Å². The number of halogens is 1. The Bertz CT molecular complexity index is 790. The molecule has 2 N–H and O–H groups in total. The first kappa shape index (κ1) is 21.5. The monoisotopic (exact) mass is 405 g/mol. The number of carbonyl (C=O) groups is 2. The summed E-state index contributed by atoms with van der Waals surface area (Å²) in [5.41, 5.74) is 1.85. The van der Waals surface area contributed by atoms with Crippen molar-refractivity contribution in [3.63, 3.8) is 0 Å². The summed E-state index contributed by atoms with van der Waals surface area (Å²) in [5, 5.41) is 12.3. The molecule has 8 heteroatoms. The SMILES string of the molecule is COc1ccc(N(Cc2ccc(C(=O)O)cc2)C(=O)N2CCNCC2)cc1.Cl. The Morgan fingerprint density at radius 2 is 1.68 bits per heavy atom. The molecule has 1 saturated heterocycles. The fraction of sp³-hybridized carbons (Fsp3) is 0.300. The highest BCUT2D eigenvalue weighted by Gasteiger charge is 2.24. The molecule has 1 heterocycles. The van der Waals surface area contributed by atoms with Gasteiger partial charge < -0.3 is 20.1 Å². The first-order chi connectivity index (χ1) is 13.1. The van der Waals surface area contributed by atoms with Crippen LogP contribution in [0.2, 0.25) is 0 Å². The number of benzene rings is 2. The van der Waals surface area contributed by atoms with Crippen LogP contribution in [-0.2, 0) is 6.54 Å². The van der Waals surface area contributed by atoms with Gasteiger partial charge in [0.25, 0.3) is 0 Å². The number of hydrogen-bond donors (Lipinski definition) is 2. The number of hydrogen-bond acceptors (Lipinski definition) is 4. The van der Waals surface area contributed by atoms with E-state index in [0.29, 0.717) is 19.6 Å². The minimum absolute atomic E-state index is 0. The number of nitrogens with one attached hydrogen (secondary N) is 1. The van der Waals surface area contributed by atoms with Gasteiger partial charge in [0.15, 0.2) is 0 Å². The van der Waals surface area contributed by atoms with Crippen LogP contribution < -0.4 is 15.0 Å². The lowest BCUT2D eigenvalue weighted by molar-refractivity contribution is 0.0697. The quantitative estimate of drug-likeness (QED) is 0.799. The molecule has 0 spiro atoms. The van der Waals surface area contributed by atoms with E-state index in [1.807, 2.05) is 29.2 Å². The molecule has 0 unspecified atom stereocenters. The first-order valence-electron chi connectivity index (χ1n) is 8.82. The number of carbonyl (C=O) groups excluding carboxylic acids is 1. The molecule has 0 aromatic heterocycles. The molecule has 3 rings (SSSR count). The fourth-order valence-electron chi connectivity index (χ4n) is 2.99. The van der Waals surface area contributed by atoms with E-state index in [9.17, 15) is 9.59 Å². The zero-order valence-electron chi connectivity index (χ0n) is 15.6. The lowest BCUT2D eigenvalue weighted by Gasteiger charge is -2.33. The van der Waals surface area contributed by atoms with Crippen LogP contribution in [0.25, 0.3) is 0 Å². The predicted octanol–water partition coefficient (Wildman–Crippen LogP) is 2.85. The highest BCUT2D eigenvalue weighted by molar-refractivity contribution is 5.92. The van der Waals surface area contributed by atoms with Gasteiger partial charge in [-0.1, -0.05) is 12.1 Å². The molecule has 1 fully saturated rings. The number of methoxy groups -OCH3 is 1. The van der Waals surface area contributed by atoms with Crippen molar-refractivity contribution in [1.29, 1.82) is 0 Å². The summed E-state index contributed by atoms with van der Waals surface area (Å²) in [6.45, 7) is 3.22. The second-order valence-electron chi connectivity index (χ2n) is 6.31. The van der Waals surface area contributed by atoms with Crippen molar-refractivity contribution in [2.24, 2.45) is 0 Å². The minimum atomic E-state index is -0.967. The predicted molar refractivity (Wildman–Crippen MR) is 110 cm³/mol. The second kappa shape index (κ2) is 9.96. The van der Waals surface area contributed by atoms with Crippen molar-refractivity contribution < 1.29 is 19.4 Å². The molecular weight excluding hydrogens is 382 g/mol. The van der Waals surface area contributed by atoms with Crippen molar-refractivity contribution in [3.8, 4) is 5.75 Å². The van der Waals surface area contributed by atoms with Crippen LogP contribution in [0.1, 0.15) is 15.9 Å². The van der Waals surface area contributed by atoms with Crippen molar-refractivity contribution >= 4 is 30.1 Å². The summed E-state index contributed by atoms with van der Waals surface area (Å²) >= 11 is 0. The second-order valence-corrected chi connectivity index (χ2v) is 6.31. The van der Waals surface area contributed by atoms with Gasteiger partial charge >= 0.3 is 12.0 Å². The molecule has 2 amide bonds. The topological polar surface area (TPSA) is 82.1 Å². The molecule has 150 valence electrons. The van der Waals surface area contributed by atoms with Gasteiger partial charge in [0.05, 0.1) is 19.2 Å². The van der Waals surface area contributed by atoms with Crippen molar-refractivity contribution in [2.75, 3.05) is 38.2 Å². The smallest absolute Gasteiger partial charge is 0.335 e. The average Bonchev–Trinajstić information content (AvgIpc) is 2.72. The van der Waals surface area contributed by atoms with Gasteiger partial charge in [0.2, 0.25) is 0 Å². The summed E-state index contributed by atoms with van der Waals surface area (Å²) in [5.74, 6) is -0.246. The van der Waals surface area contributed by atoms with Gasteiger partial charge in [-0.15, -0.1) is 12.4 Å². The van der Waals surface area contributed by atoms with Crippen LogP contribution in [-0.4, -0.2) is 55.3 Å².